The molecule has 2 N–H and O–H groups in total. The number of aromatic nitrogens is 1. The number of H-pyrrole nitrogens is 1. The molecule has 0 saturated heterocycles. The van der Waals surface area contributed by atoms with Gasteiger partial charge < -0.3 is 10.3 Å². The van der Waals surface area contributed by atoms with Crippen LogP contribution >= 0.6 is 0 Å². The fourth-order valence-corrected chi connectivity index (χ4v) is 2.98. The van der Waals surface area contributed by atoms with Crippen molar-refractivity contribution >= 4 is 5.91 Å². The van der Waals surface area contributed by atoms with Gasteiger partial charge in [0, 0.05) is 24.4 Å². The van der Waals surface area contributed by atoms with E-state index in [0.717, 1.165) is 18.4 Å². The van der Waals surface area contributed by atoms with Crippen LogP contribution in [0.2, 0.25) is 0 Å². The van der Waals surface area contributed by atoms with Gasteiger partial charge in [-0.3, -0.25) is 9.59 Å². The van der Waals surface area contributed by atoms with Crippen molar-refractivity contribution in [3.05, 3.63) is 68.6 Å². The van der Waals surface area contributed by atoms with Gasteiger partial charge in [0.1, 0.15) is 5.69 Å². The molecule has 0 atom stereocenters. The molecule has 22 heavy (non-hydrogen) atoms. The maximum atomic E-state index is 12.1. The van der Waals surface area contributed by atoms with Gasteiger partial charge in [0.15, 0.2) is 5.43 Å². The Kier molecular flexibility index (Phi) is 4.09. The first-order valence-electron chi connectivity index (χ1n) is 7.72. The minimum absolute atomic E-state index is 0.157. The molecule has 1 heterocycles. The Labute approximate surface area is 129 Å². The van der Waals surface area contributed by atoms with Crippen molar-refractivity contribution in [2.24, 2.45) is 0 Å². The number of aryl methyl sites for hydroxylation is 3. The first-order chi connectivity index (χ1) is 10.6. The van der Waals surface area contributed by atoms with E-state index >= 15 is 0 Å². The molecule has 0 spiro atoms. The third kappa shape index (κ3) is 3.27. The Morgan fingerprint density at radius 1 is 1.14 bits per heavy atom. The van der Waals surface area contributed by atoms with Gasteiger partial charge in [-0.2, -0.15) is 0 Å². The molecule has 3 rings (SSSR count). The zero-order chi connectivity index (χ0) is 15.5. The van der Waals surface area contributed by atoms with E-state index in [1.54, 1.807) is 6.92 Å². The fourth-order valence-electron chi connectivity index (χ4n) is 2.98. The van der Waals surface area contributed by atoms with Crippen molar-refractivity contribution in [2.45, 2.75) is 39.2 Å². The van der Waals surface area contributed by atoms with Gasteiger partial charge in [-0.05, 0) is 49.3 Å². The van der Waals surface area contributed by atoms with Crippen LogP contribution in [0.3, 0.4) is 0 Å². The summed E-state index contributed by atoms with van der Waals surface area (Å²) in [5.74, 6) is -0.251. The number of rotatable bonds is 3. The van der Waals surface area contributed by atoms with Crippen LogP contribution in [-0.2, 0) is 19.4 Å². The molecule has 2 aromatic rings. The summed E-state index contributed by atoms with van der Waals surface area (Å²) in [6, 6.07) is 9.23. The second kappa shape index (κ2) is 6.18. The van der Waals surface area contributed by atoms with Crippen LogP contribution in [0.4, 0.5) is 0 Å². The van der Waals surface area contributed by atoms with Gasteiger partial charge in [0.25, 0.3) is 5.91 Å². The number of hydrogen-bond donors (Lipinski definition) is 2. The Morgan fingerprint density at radius 2 is 1.91 bits per heavy atom. The molecular formula is C18H20N2O2. The number of aromatic amines is 1. The monoisotopic (exact) mass is 296 g/mol. The summed E-state index contributed by atoms with van der Waals surface area (Å²) >= 11 is 0. The Balaban J connectivity index is 1.69. The summed E-state index contributed by atoms with van der Waals surface area (Å²) in [6.07, 6.45) is 4.80. The zero-order valence-corrected chi connectivity index (χ0v) is 12.7. The van der Waals surface area contributed by atoms with E-state index in [0.29, 0.717) is 17.9 Å². The lowest BCUT2D eigenvalue weighted by molar-refractivity contribution is 0.0945. The summed E-state index contributed by atoms with van der Waals surface area (Å²) in [7, 11) is 0. The van der Waals surface area contributed by atoms with Gasteiger partial charge >= 0.3 is 0 Å². The highest BCUT2D eigenvalue weighted by Crippen LogP contribution is 2.22. The Bertz CT molecular complexity index is 762. The first kappa shape index (κ1) is 14.6. The zero-order valence-electron chi connectivity index (χ0n) is 12.7. The summed E-state index contributed by atoms with van der Waals surface area (Å²) in [5.41, 5.74) is 4.78. The molecule has 0 radical (unpaired) electrons. The van der Waals surface area contributed by atoms with Gasteiger partial charge in [-0.25, -0.2) is 0 Å². The number of hydrogen-bond acceptors (Lipinski definition) is 2. The molecular weight excluding hydrogens is 276 g/mol. The van der Waals surface area contributed by atoms with E-state index in [1.807, 2.05) is 0 Å². The van der Waals surface area contributed by atoms with Crippen molar-refractivity contribution in [3.8, 4) is 0 Å². The number of fused-ring (bicyclic) bond motifs is 1. The van der Waals surface area contributed by atoms with E-state index in [2.05, 4.69) is 28.5 Å². The van der Waals surface area contributed by atoms with Crippen molar-refractivity contribution in [1.82, 2.24) is 10.3 Å². The van der Waals surface area contributed by atoms with Gasteiger partial charge in [-0.15, -0.1) is 0 Å². The van der Waals surface area contributed by atoms with E-state index in [-0.39, 0.29) is 11.3 Å². The number of carbonyl (C=O) groups is 1. The van der Waals surface area contributed by atoms with Crippen LogP contribution in [0.25, 0.3) is 0 Å². The van der Waals surface area contributed by atoms with Crippen molar-refractivity contribution in [1.29, 1.82) is 0 Å². The van der Waals surface area contributed by atoms with Crippen LogP contribution < -0.4 is 10.7 Å². The second-order valence-corrected chi connectivity index (χ2v) is 5.91. The SMILES string of the molecule is Cc1cc(=O)cc(C(=O)NCc2ccc3c(c2)CCCC3)[nH]1. The van der Waals surface area contributed by atoms with Crippen molar-refractivity contribution in [3.63, 3.8) is 0 Å². The number of carbonyl (C=O) groups excluding carboxylic acids is 1. The minimum atomic E-state index is -0.251. The van der Waals surface area contributed by atoms with Crippen molar-refractivity contribution < 1.29 is 4.79 Å². The highest BCUT2D eigenvalue weighted by Gasteiger charge is 2.11. The molecule has 4 nitrogen and oxygen atoms in total. The highest BCUT2D eigenvalue weighted by molar-refractivity contribution is 5.92. The molecule has 0 bridgehead atoms. The number of nitrogens with one attached hydrogen (secondary N) is 2. The Morgan fingerprint density at radius 3 is 2.68 bits per heavy atom. The normalized spacial score (nSPS) is 13.5. The molecule has 114 valence electrons. The molecule has 4 heteroatoms. The van der Waals surface area contributed by atoms with E-state index in [1.165, 1.54) is 36.1 Å². The molecule has 0 aliphatic heterocycles. The van der Waals surface area contributed by atoms with Crippen LogP contribution in [0.5, 0.6) is 0 Å². The van der Waals surface area contributed by atoms with Crippen LogP contribution in [-0.4, -0.2) is 10.9 Å². The molecule has 1 aliphatic rings. The van der Waals surface area contributed by atoms with Gasteiger partial charge in [0.2, 0.25) is 0 Å². The third-order valence-electron chi connectivity index (χ3n) is 4.09. The lowest BCUT2D eigenvalue weighted by Crippen LogP contribution is -2.25. The van der Waals surface area contributed by atoms with Gasteiger partial charge in [-0.1, -0.05) is 18.2 Å². The highest BCUT2D eigenvalue weighted by atomic mass is 16.2. The lowest BCUT2D eigenvalue weighted by atomic mass is 9.90. The summed E-state index contributed by atoms with van der Waals surface area (Å²) < 4.78 is 0. The fraction of sp³-hybridized carbons (Fsp3) is 0.333. The molecule has 0 unspecified atom stereocenters. The molecule has 0 saturated carbocycles. The summed E-state index contributed by atoms with van der Waals surface area (Å²) in [6.45, 7) is 2.24. The third-order valence-corrected chi connectivity index (χ3v) is 4.09. The van der Waals surface area contributed by atoms with Crippen molar-refractivity contribution in [2.75, 3.05) is 0 Å². The Hall–Kier alpha value is -2.36. The average molecular weight is 296 g/mol. The van der Waals surface area contributed by atoms with Gasteiger partial charge in [0.05, 0.1) is 0 Å². The molecule has 1 amide bonds. The van der Waals surface area contributed by atoms with E-state index in [9.17, 15) is 9.59 Å². The van der Waals surface area contributed by atoms with Crippen LogP contribution in [0.15, 0.2) is 35.1 Å². The van der Waals surface area contributed by atoms with E-state index in [4.69, 9.17) is 0 Å². The predicted octanol–water partition coefficient (Wildman–Crippen LogP) is 2.49. The average Bonchev–Trinajstić information content (AvgIpc) is 2.51. The number of pyridine rings is 1. The predicted molar refractivity (Wildman–Crippen MR) is 86.1 cm³/mol. The summed E-state index contributed by atoms with van der Waals surface area (Å²) in [5, 5.41) is 2.87. The molecule has 1 aliphatic carbocycles. The molecule has 1 aromatic carbocycles. The maximum Gasteiger partial charge on any atom is 0.268 e. The first-order valence-corrected chi connectivity index (χ1v) is 7.72. The summed E-state index contributed by atoms with van der Waals surface area (Å²) in [4.78, 5) is 26.5. The smallest absolute Gasteiger partial charge is 0.268 e. The maximum absolute atomic E-state index is 12.1. The van der Waals surface area contributed by atoms with Crippen LogP contribution in [0.1, 0.15) is 45.7 Å². The topological polar surface area (TPSA) is 62.0 Å². The van der Waals surface area contributed by atoms with Crippen LogP contribution in [0, 0.1) is 6.92 Å². The standard InChI is InChI=1S/C18H20N2O2/c1-12-8-16(21)10-17(20-12)18(22)19-11-13-6-7-14-4-2-3-5-15(14)9-13/h6-10H,2-5,11H2,1H3,(H,19,22)(H,20,21). The second-order valence-electron chi connectivity index (χ2n) is 5.91. The molecule has 0 fully saturated rings. The largest absolute Gasteiger partial charge is 0.354 e. The quantitative estimate of drug-likeness (QED) is 0.914. The number of amides is 1. The van der Waals surface area contributed by atoms with E-state index < -0.39 is 0 Å². The molecule has 1 aromatic heterocycles. The lowest BCUT2D eigenvalue weighted by Gasteiger charge is -2.16. The minimum Gasteiger partial charge on any atom is -0.354 e. The number of benzene rings is 1.